The Bertz CT molecular complexity index is 231. The molecule has 5 heteroatoms. The summed E-state index contributed by atoms with van der Waals surface area (Å²) in [6.07, 6.45) is 3.17. The molecule has 0 bridgehead atoms. The third kappa shape index (κ3) is 7.19. The van der Waals surface area contributed by atoms with E-state index in [1.165, 1.54) is 0 Å². The van der Waals surface area contributed by atoms with E-state index in [0.29, 0.717) is 25.3 Å². The molecule has 0 saturated carbocycles. The fourth-order valence-corrected chi connectivity index (χ4v) is 2.11. The predicted octanol–water partition coefficient (Wildman–Crippen LogP) is 1.32. The molecular weight excluding hydrogens is 252 g/mol. The minimum atomic E-state index is -0.311. The van der Waals surface area contributed by atoms with Crippen molar-refractivity contribution in [3.8, 4) is 0 Å². The highest BCUT2D eigenvalue weighted by molar-refractivity contribution is 5.85. The molecule has 1 amide bonds. The Morgan fingerprint density at radius 2 is 2.00 bits per heavy atom. The number of piperidine rings is 1. The minimum absolute atomic E-state index is 0. The Balaban J connectivity index is 0.00000289. The van der Waals surface area contributed by atoms with Crippen LogP contribution in [0.5, 0.6) is 0 Å². The molecule has 0 spiro atoms. The van der Waals surface area contributed by atoms with Crippen molar-refractivity contribution in [3.63, 3.8) is 0 Å². The monoisotopic (exact) mass is 278 g/mol. The minimum Gasteiger partial charge on any atom is -0.393 e. The van der Waals surface area contributed by atoms with E-state index in [-0.39, 0.29) is 30.3 Å². The molecule has 108 valence electrons. The number of amides is 1. The van der Waals surface area contributed by atoms with Crippen LogP contribution in [0.4, 0.5) is 0 Å². The molecule has 1 heterocycles. The third-order valence-electron chi connectivity index (χ3n) is 3.46. The summed E-state index contributed by atoms with van der Waals surface area (Å²) in [5.74, 6) is 0.926. The lowest BCUT2D eigenvalue weighted by Crippen LogP contribution is -2.33. The van der Waals surface area contributed by atoms with Crippen molar-refractivity contribution in [3.05, 3.63) is 0 Å². The van der Waals surface area contributed by atoms with Gasteiger partial charge >= 0.3 is 0 Å². The largest absolute Gasteiger partial charge is 0.393 e. The summed E-state index contributed by atoms with van der Waals surface area (Å²) in [6, 6.07) is 0. The molecule has 3 N–H and O–H groups in total. The highest BCUT2D eigenvalue weighted by Crippen LogP contribution is 2.15. The van der Waals surface area contributed by atoms with Crippen molar-refractivity contribution in [2.45, 2.75) is 45.6 Å². The van der Waals surface area contributed by atoms with Gasteiger partial charge < -0.3 is 15.7 Å². The number of nitrogens with one attached hydrogen (secondary N) is 2. The van der Waals surface area contributed by atoms with E-state index in [2.05, 4.69) is 10.6 Å². The second kappa shape index (κ2) is 9.59. The number of halogens is 1. The normalized spacial score (nSPS) is 18.2. The molecule has 0 aromatic heterocycles. The second-order valence-corrected chi connectivity index (χ2v) is 5.35. The Morgan fingerprint density at radius 3 is 2.56 bits per heavy atom. The van der Waals surface area contributed by atoms with Gasteiger partial charge in [-0.2, -0.15) is 0 Å². The van der Waals surface area contributed by atoms with Crippen molar-refractivity contribution in [1.82, 2.24) is 10.6 Å². The summed E-state index contributed by atoms with van der Waals surface area (Å²) in [6.45, 7) is 6.63. The molecule has 1 saturated heterocycles. The highest BCUT2D eigenvalue weighted by Gasteiger charge is 2.16. The Kier molecular flexibility index (Phi) is 9.42. The second-order valence-electron chi connectivity index (χ2n) is 5.35. The number of carbonyl (C=O) groups excluding carboxylic acids is 1. The maximum atomic E-state index is 11.6. The standard InChI is InChI=1S/C13H26N2O2.ClH/c1-10(2)12(16)5-8-15-13(17)9-11-3-6-14-7-4-11;/h10-12,14,16H,3-9H2,1-2H3,(H,15,17);1H. The lowest BCUT2D eigenvalue weighted by molar-refractivity contribution is -0.122. The SMILES string of the molecule is CC(C)C(O)CCNC(=O)CC1CCNCC1.Cl. The smallest absolute Gasteiger partial charge is 0.220 e. The van der Waals surface area contributed by atoms with Crippen LogP contribution in [0.15, 0.2) is 0 Å². The van der Waals surface area contributed by atoms with E-state index in [0.717, 1.165) is 25.9 Å². The van der Waals surface area contributed by atoms with Crippen molar-refractivity contribution in [2.75, 3.05) is 19.6 Å². The zero-order valence-electron chi connectivity index (χ0n) is 11.4. The number of carbonyl (C=O) groups is 1. The third-order valence-corrected chi connectivity index (χ3v) is 3.46. The number of aliphatic hydroxyl groups excluding tert-OH is 1. The van der Waals surface area contributed by atoms with Gasteiger partial charge in [0.1, 0.15) is 0 Å². The molecular formula is C13H27ClN2O2. The Morgan fingerprint density at radius 1 is 1.39 bits per heavy atom. The lowest BCUT2D eigenvalue weighted by Gasteiger charge is -2.22. The van der Waals surface area contributed by atoms with Crippen LogP contribution < -0.4 is 10.6 Å². The zero-order valence-corrected chi connectivity index (χ0v) is 12.3. The molecule has 1 aliphatic heterocycles. The molecule has 1 atom stereocenters. The zero-order chi connectivity index (χ0) is 12.7. The average molecular weight is 279 g/mol. The van der Waals surface area contributed by atoms with Gasteiger partial charge in [0.15, 0.2) is 0 Å². The van der Waals surface area contributed by atoms with Crippen LogP contribution in [0.1, 0.15) is 39.5 Å². The molecule has 0 aliphatic carbocycles. The fraction of sp³-hybridized carbons (Fsp3) is 0.923. The van der Waals surface area contributed by atoms with E-state index in [1.54, 1.807) is 0 Å². The number of aliphatic hydroxyl groups is 1. The first-order valence-corrected chi connectivity index (χ1v) is 6.75. The maximum absolute atomic E-state index is 11.6. The molecule has 0 aromatic carbocycles. The quantitative estimate of drug-likeness (QED) is 0.687. The first-order chi connectivity index (χ1) is 8.09. The van der Waals surface area contributed by atoms with Gasteiger partial charge in [0, 0.05) is 13.0 Å². The molecule has 1 fully saturated rings. The number of hydrogen-bond donors (Lipinski definition) is 3. The predicted molar refractivity (Wildman–Crippen MR) is 75.9 cm³/mol. The molecule has 0 aromatic rings. The van der Waals surface area contributed by atoms with Gasteiger partial charge in [0.05, 0.1) is 6.10 Å². The van der Waals surface area contributed by atoms with Crippen LogP contribution in [-0.4, -0.2) is 36.8 Å². The van der Waals surface area contributed by atoms with E-state index in [1.807, 2.05) is 13.8 Å². The van der Waals surface area contributed by atoms with E-state index in [4.69, 9.17) is 0 Å². The van der Waals surface area contributed by atoms with Crippen molar-refractivity contribution < 1.29 is 9.90 Å². The van der Waals surface area contributed by atoms with E-state index in [9.17, 15) is 9.90 Å². The van der Waals surface area contributed by atoms with Gasteiger partial charge in [-0.3, -0.25) is 4.79 Å². The van der Waals surface area contributed by atoms with Gasteiger partial charge in [-0.15, -0.1) is 12.4 Å². The molecule has 1 aliphatic rings. The summed E-state index contributed by atoms with van der Waals surface area (Å²) in [5.41, 5.74) is 0. The Labute approximate surface area is 116 Å². The highest BCUT2D eigenvalue weighted by atomic mass is 35.5. The lowest BCUT2D eigenvalue weighted by atomic mass is 9.94. The van der Waals surface area contributed by atoms with Crippen LogP contribution in [0, 0.1) is 11.8 Å². The summed E-state index contributed by atoms with van der Waals surface area (Å²) in [4.78, 5) is 11.6. The number of rotatable bonds is 6. The van der Waals surface area contributed by atoms with Gasteiger partial charge in [0.25, 0.3) is 0 Å². The first-order valence-electron chi connectivity index (χ1n) is 6.75. The molecule has 4 nitrogen and oxygen atoms in total. The van der Waals surface area contributed by atoms with Crippen LogP contribution in [-0.2, 0) is 4.79 Å². The topological polar surface area (TPSA) is 61.4 Å². The molecule has 1 rings (SSSR count). The van der Waals surface area contributed by atoms with Crippen molar-refractivity contribution in [2.24, 2.45) is 11.8 Å². The first kappa shape index (κ1) is 17.7. The maximum Gasteiger partial charge on any atom is 0.220 e. The summed E-state index contributed by atoms with van der Waals surface area (Å²) >= 11 is 0. The van der Waals surface area contributed by atoms with E-state index < -0.39 is 0 Å². The summed E-state index contributed by atoms with van der Waals surface area (Å²) < 4.78 is 0. The van der Waals surface area contributed by atoms with Crippen LogP contribution in [0.3, 0.4) is 0 Å². The van der Waals surface area contributed by atoms with Crippen LogP contribution >= 0.6 is 12.4 Å². The summed E-state index contributed by atoms with van der Waals surface area (Å²) in [5, 5.41) is 15.8. The van der Waals surface area contributed by atoms with Crippen molar-refractivity contribution in [1.29, 1.82) is 0 Å². The van der Waals surface area contributed by atoms with Gasteiger partial charge in [-0.1, -0.05) is 13.8 Å². The summed E-state index contributed by atoms with van der Waals surface area (Å²) in [7, 11) is 0. The average Bonchev–Trinajstić information content (AvgIpc) is 2.30. The molecule has 0 radical (unpaired) electrons. The van der Waals surface area contributed by atoms with Gasteiger partial charge in [0.2, 0.25) is 5.91 Å². The van der Waals surface area contributed by atoms with Crippen LogP contribution in [0.2, 0.25) is 0 Å². The van der Waals surface area contributed by atoms with Crippen LogP contribution in [0.25, 0.3) is 0 Å². The Hall–Kier alpha value is -0.320. The van der Waals surface area contributed by atoms with E-state index >= 15 is 0 Å². The fourth-order valence-electron chi connectivity index (χ4n) is 2.11. The molecule has 18 heavy (non-hydrogen) atoms. The van der Waals surface area contributed by atoms with Gasteiger partial charge in [-0.05, 0) is 44.2 Å². The molecule has 1 unspecified atom stereocenters. The van der Waals surface area contributed by atoms with Crippen molar-refractivity contribution >= 4 is 18.3 Å². The van der Waals surface area contributed by atoms with Gasteiger partial charge in [-0.25, -0.2) is 0 Å². The number of hydrogen-bond acceptors (Lipinski definition) is 3.